The van der Waals surface area contributed by atoms with Crippen LogP contribution in [0.15, 0.2) is 0 Å². The maximum atomic E-state index is 12.2. The van der Waals surface area contributed by atoms with Gasteiger partial charge in [0, 0.05) is 18.4 Å². The molecule has 0 bridgehead atoms. The van der Waals surface area contributed by atoms with Gasteiger partial charge in [0.1, 0.15) is 12.4 Å². The lowest BCUT2D eigenvalue weighted by Gasteiger charge is -2.38. The van der Waals surface area contributed by atoms with Crippen molar-refractivity contribution in [2.45, 2.75) is 65.0 Å². The number of amides is 1. The molecular weight excluding hydrogens is 300 g/mol. The standard InChI is InChI=1S/C15H26N4O2S/c1-3-6-12-17-18-14(22)19(12)9-13(21)16-10-15(2)8-5-4-7-11(15)20/h11,20H,3-10H2,1-2H3,(H,16,21)(H,18,22)/t11-,15+/m1/s1. The van der Waals surface area contributed by atoms with Gasteiger partial charge in [-0.2, -0.15) is 5.10 Å². The van der Waals surface area contributed by atoms with Crippen LogP contribution >= 0.6 is 12.2 Å². The van der Waals surface area contributed by atoms with E-state index >= 15 is 0 Å². The summed E-state index contributed by atoms with van der Waals surface area (Å²) >= 11 is 5.18. The van der Waals surface area contributed by atoms with Crippen molar-refractivity contribution in [3.05, 3.63) is 10.6 Å². The summed E-state index contributed by atoms with van der Waals surface area (Å²) in [6, 6.07) is 0. The second kappa shape index (κ2) is 7.37. The number of H-pyrrole nitrogens is 1. The minimum absolute atomic E-state index is 0.0890. The first kappa shape index (κ1) is 17.1. The number of hydrogen-bond donors (Lipinski definition) is 3. The summed E-state index contributed by atoms with van der Waals surface area (Å²) in [5.41, 5.74) is -0.224. The SMILES string of the molecule is CCCc1n[nH]c(=S)n1CC(=O)NC[C@]1(C)CCCC[C@H]1O. The fraction of sp³-hybridized carbons (Fsp3) is 0.800. The van der Waals surface area contributed by atoms with E-state index < -0.39 is 0 Å². The Morgan fingerprint density at radius 1 is 1.59 bits per heavy atom. The highest BCUT2D eigenvalue weighted by molar-refractivity contribution is 7.71. The fourth-order valence-electron chi connectivity index (χ4n) is 3.02. The van der Waals surface area contributed by atoms with Gasteiger partial charge in [-0.05, 0) is 31.5 Å². The molecule has 1 heterocycles. The molecule has 6 nitrogen and oxygen atoms in total. The van der Waals surface area contributed by atoms with Crippen LogP contribution in [0.3, 0.4) is 0 Å². The average Bonchev–Trinajstić information content (AvgIpc) is 2.82. The molecule has 1 aliphatic rings. The molecule has 124 valence electrons. The molecule has 1 saturated carbocycles. The highest BCUT2D eigenvalue weighted by Gasteiger charge is 2.35. The first-order chi connectivity index (χ1) is 10.5. The Hall–Kier alpha value is -1.21. The van der Waals surface area contributed by atoms with Crippen molar-refractivity contribution >= 4 is 18.1 Å². The zero-order valence-corrected chi connectivity index (χ0v) is 14.2. The van der Waals surface area contributed by atoms with E-state index in [2.05, 4.69) is 22.4 Å². The van der Waals surface area contributed by atoms with Gasteiger partial charge in [-0.1, -0.05) is 26.7 Å². The van der Waals surface area contributed by atoms with Gasteiger partial charge >= 0.3 is 0 Å². The van der Waals surface area contributed by atoms with Crippen molar-refractivity contribution in [1.82, 2.24) is 20.1 Å². The Balaban J connectivity index is 1.93. The number of aromatic amines is 1. The normalized spacial score (nSPS) is 25.1. The number of aliphatic hydroxyl groups excluding tert-OH is 1. The van der Waals surface area contributed by atoms with E-state index in [0.717, 1.165) is 44.3 Å². The molecule has 1 aliphatic carbocycles. The van der Waals surface area contributed by atoms with Crippen LogP contribution in [0.2, 0.25) is 0 Å². The molecule has 2 atom stereocenters. The van der Waals surface area contributed by atoms with Gasteiger partial charge in [-0.3, -0.25) is 14.5 Å². The van der Waals surface area contributed by atoms with Crippen molar-refractivity contribution in [2.24, 2.45) is 5.41 Å². The van der Waals surface area contributed by atoms with E-state index in [1.807, 2.05) is 6.92 Å². The smallest absolute Gasteiger partial charge is 0.240 e. The lowest BCUT2D eigenvalue weighted by atomic mass is 9.73. The Labute approximate surface area is 136 Å². The van der Waals surface area contributed by atoms with E-state index in [-0.39, 0.29) is 24.0 Å². The average molecular weight is 326 g/mol. The molecule has 1 aromatic heterocycles. The number of aromatic nitrogens is 3. The summed E-state index contributed by atoms with van der Waals surface area (Å²) in [6.45, 7) is 4.79. The van der Waals surface area contributed by atoms with Crippen LogP contribution in [-0.4, -0.2) is 38.4 Å². The molecule has 1 aromatic rings. The lowest BCUT2D eigenvalue weighted by molar-refractivity contribution is -0.122. The molecule has 0 aromatic carbocycles. The van der Waals surface area contributed by atoms with Crippen LogP contribution in [0.25, 0.3) is 0 Å². The van der Waals surface area contributed by atoms with Crippen molar-refractivity contribution < 1.29 is 9.90 Å². The Bertz CT molecular complexity index is 568. The first-order valence-electron chi connectivity index (χ1n) is 8.05. The number of nitrogens with one attached hydrogen (secondary N) is 2. The molecule has 0 saturated heterocycles. The van der Waals surface area contributed by atoms with E-state index in [4.69, 9.17) is 12.2 Å². The van der Waals surface area contributed by atoms with Crippen molar-refractivity contribution in [3.63, 3.8) is 0 Å². The van der Waals surface area contributed by atoms with Gasteiger partial charge in [0.25, 0.3) is 0 Å². The van der Waals surface area contributed by atoms with Crippen LogP contribution in [0.1, 0.15) is 51.8 Å². The van der Waals surface area contributed by atoms with Crippen LogP contribution in [-0.2, 0) is 17.8 Å². The van der Waals surface area contributed by atoms with Gasteiger partial charge in [0.05, 0.1) is 6.10 Å². The molecular formula is C15H26N4O2S. The second-order valence-electron chi connectivity index (χ2n) is 6.47. The number of aliphatic hydroxyl groups is 1. The van der Waals surface area contributed by atoms with E-state index in [1.54, 1.807) is 4.57 Å². The van der Waals surface area contributed by atoms with Gasteiger partial charge < -0.3 is 10.4 Å². The molecule has 3 N–H and O–H groups in total. The quantitative estimate of drug-likeness (QED) is 0.698. The largest absolute Gasteiger partial charge is 0.392 e. The fourth-order valence-corrected chi connectivity index (χ4v) is 3.23. The topological polar surface area (TPSA) is 82.9 Å². The van der Waals surface area contributed by atoms with Crippen molar-refractivity contribution in [3.8, 4) is 0 Å². The third-order valence-electron chi connectivity index (χ3n) is 4.58. The molecule has 1 amide bonds. The van der Waals surface area contributed by atoms with Crippen molar-refractivity contribution in [1.29, 1.82) is 0 Å². The number of rotatable bonds is 6. The summed E-state index contributed by atoms with van der Waals surface area (Å²) < 4.78 is 2.22. The first-order valence-corrected chi connectivity index (χ1v) is 8.46. The van der Waals surface area contributed by atoms with Crippen LogP contribution in [0, 0.1) is 10.2 Å². The zero-order valence-electron chi connectivity index (χ0n) is 13.4. The van der Waals surface area contributed by atoms with Gasteiger partial charge in [-0.25, -0.2) is 0 Å². The van der Waals surface area contributed by atoms with E-state index in [9.17, 15) is 9.90 Å². The van der Waals surface area contributed by atoms with Gasteiger partial charge in [0.15, 0.2) is 4.77 Å². The Morgan fingerprint density at radius 2 is 2.36 bits per heavy atom. The summed E-state index contributed by atoms with van der Waals surface area (Å²) in [6.07, 6.45) is 5.34. The third kappa shape index (κ3) is 3.95. The van der Waals surface area contributed by atoms with Gasteiger partial charge in [-0.15, -0.1) is 0 Å². The molecule has 0 spiro atoms. The predicted octanol–water partition coefficient (Wildman–Crippen LogP) is 1.95. The molecule has 0 unspecified atom stereocenters. The van der Waals surface area contributed by atoms with Crippen LogP contribution in [0.4, 0.5) is 0 Å². The summed E-state index contributed by atoms with van der Waals surface area (Å²) in [4.78, 5) is 12.2. The highest BCUT2D eigenvalue weighted by Crippen LogP contribution is 2.35. The number of carbonyl (C=O) groups excluding carboxylic acids is 1. The molecule has 2 rings (SSSR count). The summed E-state index contributed by atoms with van der Waals surface area (Å²) in [5, 5.41) is 20.0. The lowest BCUT2D eigenvalue weighted by Crippen LogP contribution is -2.45. The van der Waals surface area contributed by atoms with E-state index in [1.165, 1.54) is 0 Å². The Kier molecular flexibility index (Phi) is 5.74. The maximum absolute atomic E-state index is 12.2. The minimum atomic E-state index is -0.340. The van der Waals surface area contributed by atoms with Crippen LogP contribution < -0.4 is 5.32 Å². The predicted molar refractivity (Wildman–Crippen MR) is 87.0 cm³/mol. The second-order valence-corrected chi connectivity index (χ2v) is 6.86. The zero-order chi connectivity index (χ0) is 16.2. The third-order valence-corrected chi connectivity index (χ3v) is 4.89. The number of carbonyl (C=O) groups is 1. The maximum Gasteiger partial charge on any atom is 0.240 e. The number of nitrogens with zero attached hydrogens (tertiary/aromatic N) is 2. The molecule has 1 fully saturated rings. The molecule has 7 heteroatoms. The van der Waals surface area contributed by atoms with Crippen LogP contribution in [0.5, 0.6) is 0 Å². The van der Waals surface area contributed by atoms with E-state index in [0.29, 0.717) is 11.3 Å². The van der Waals surface area contributed by atoms with Gasteiger partial charge in [0.2, 0.25) is 5.91 Å². The number of aryl methyl sites for hydroxylation is 1. The summed E-state index contributed by atoms with van der Waals surface area (Å²) in [7, 11) is 0. The molecule has 0 aliphatic heterocycles. The molecule has 0 radical (unpaired) electrons. The van der Waals surface area contributed by atoms with Crippen molar-refractivity contribution in [2.75, 3.05) is 6.54 Å². The minimum Gasteiger partial charge on any atom is -0.392 e. The molecule has 22 heavy (non-hydrogen) atoms. The number of hydrogen-bond acceptors (Lipinski definition) is 4. The highest BCUT2D eigenvalue weighted by atomic mass is 32.1. The Morgan fingerprint density at radius 3 is 3.05 bits per heavy atom. The summed E-state index contributed by atoms with van der Waals surface area (Å²) in [5.74, 6) is 0.723. The monoisotopic (exact) mass is 326 g/mol.